The molecular weight excluding hydrogens is 208 g/mol. The van der Waals surface area contributed by atoms with E-state index in [0.29, 0.717) is 6.79 Å². The monoisotopic (exact) mass is 222 g/mol. The van der Waals surface area contributed by atoms with E-state index >= 15 is 0 Å². The first-order valence-corrected chi connectivity index (χ1v) is 5.32. The van der Waals surface area contributed by atoms with Gasteiger partial charge in [0.1, 0.15) is 6.10 Å². The minimum atomic E-state index is -0.0899. The van der Waals surface area contributed by atoms with Crippen LogP contribution in [0, 0.1) is 0 Å². The van der Waals surface area contributed by atoms with Crippen LogP contribution in [0.2, 0.25) is 0 Å². The highest BCUT2D eigenvalue weighted by Gasteiger charge is 2.35. The summed E-state index contributed by atoms with van der Waals surface area (Å²) in [7, 11) is 3.40. The maximum Gasteiger partial charge on any atom is 0.231 e. The van der Waals surface area contributed by atoms with Gasteiger partial charge in [0, 0.05) is 31.8 Å². The molecule has 1 heterocycles. The molecule has 86 valence electrons. The number of benzene rings is 1. The normalized spacial score (nSPS) is 25.9. The van der Waals surface area contributed by atoms with Gasteiger partial charge in [0.2, 0.25) is 6.79 Å². The fourth-order valence-corrected chi connectivity index (χ4v) is 2.47. The van der Waals surface area contributed by atoms with E-state index in [1.807, 2.05) is 6.07 Å². The van der Waals surface area contributed by atoms with Crippen molar-refractivity contribution in [2.24, 2.45) is 0 Å². The summed E-state index contributed by atoms with van der Waals surface area (Å²) in [6, 6.07) is 4.10. The van der Waals surface area contributed by atoms with Gasteiger partial charge in [-0.15, -0.1) is 0 Å². The van der Waals surface area contributed by atoms with E-state index in [-0.39, 0.29) is 12.2 Å². The van der Waals surface area contributed by atoms with Gasteiger partial charge in [-0.05, 0) is 0 Å². The quantitative estimate of drug-likeness (QED) is 0.762. The summed E-state index contributed by atoms with van der Waals surface area (Å²) in [4.78, 5) is 0. The zero-order chi connectivity index (χ0) is 11.1. The van der Waals surface area contributed by atoms with Gasteiger partial charge in [0.15, 0.2) is 11.5 Å². The Morgan fingerprint density at radius 3 is 2.69 bits per heavy atom. The summed E-state index contributed by atoms with van der Waals surface area (Å²) in [6.45, 7) is 0.299. The Morgan fingerprint density at radius 1 is 1.12 bits per heavy atom. The summed E-state index contributed by atoms with van der Waals surface area (Å²) < 4.78 is 22.0. The van der Waals surface area contributed by atoms with Crippen LogP contribution in [0.25, 0.3) is 0 Å². The van der Waals surface area contributed by atoms with Crippen molar-refractivity contribution >= 4 is 0 Å². The van der Waals surface area contributed by atoms with E-state index in [9.17, 15) is 0 Å². The van der Waals surface area contributed by atoms with Gasteiger partial charge < -0.3 is 18.9 Å². The van der Waals surface area contributed by atoms with Gasteiger partial charge >= 0.3 is 0 Å². The molecule has 0 saturated heterocycles. The van der Waals surface area contributed by atoms with Crippen LogP contribution in [-0.2, 0) is 15.9 Å². The molecule has 16 heavy (non-hydrogen) atoms. The molecule has 2 bridgehead atoms. The van der Waals surface area contributed by atoms with Crippen LogP contribution in [-0.4, -0.2) is 27.1 Å². The van der Waals surface area contributed by atoms with Gasteiger partial charge in [-0.25, -0.2) is 0 Å². The molecule has 0 aromatic heterocycles. The van der Waals surface area contributed by atoms with Crippen molar-refractivity contribution in [3.63, 3.8) is 0 Å². The largest absolute Gasteiger partial charge is 0.453 e. The average molecular weight is 222 g/mol. The van der Waals surface area contributed by atoms with Crippen LogP contribution in [0.5, 0.6) is 11.5 Å². The zero-order valence-corrected chi connectivity index (χ0v) is 9.36. The highest BCUT2D eigenvalue weighted by atomic mass is 16.7. The smallest absolute Gasteiger partial charge is 0.231 e. The maximum absolute atomic E-state index is 5.52. The van der Waals surface area contributed by atoms with Crippen LogP contribution >= 0.6 is 0 Å². The van der Waals surface area contributed by atoms with Crippen LogP contribution in [0.1, 0.15) is 17.2 Å². The lowest BCUT2D eigenvalue weighted by Crippen LogP contribution is -2.23. The van der Waals surface area contributed by atoms with Crippen LogP contribution in [0.3, 0.4) is 0 Å². The number of hydrogen-bond donors (Lipinski definition) is 0. The minimum Gasteiger partial charge on any atom is -0.453 e. The molecule has 4 heteroatoms. The molecule has 0 saturated carbocycles. The number of rotatable bonds is 2. The Bertz CT molecular complexity index is 416. The molecule has 0 N–H and O–H groups in total. The summed E-state index contributed by atoms with van der Waals surface area (Å²) in [6.07, 6.45) is 0.716. The zero-order valence-electron chi connectivity index (χ0n) is 9.36. The summed E-state index contributed by atoms with van der Waals surface area (Å²) in [5.74, 6) is 1.68. The first kappa shape index (κ1) is 9.93. The van der Waals surface area contributed by atoms with E-state index in [0.717, 1.165) is 29.0 Å². The first-order valence-electron chi connectivity index (χ1n) is 5.32. The van der Waals surface area contributed by atoms with Crippen molar-refractivity contribution in [3.8, 4) is 11.5 Å². The topological polar surface area (TPSA) is 36.9 Å². The Balaban J connectivity index is 2.14. The van der Waals surface area contributed by atoms with Crippen LogP contribution in [0.15, 0.2) is 12.1 Å². The molecule has 2 atom stereocenters. The Kier molecular flexibility index (Phi) is 2.26. The SMILES string of the molecule is COC1Cc2ccc(c3c2OCO3)C1OC. The third-order valence-corrected chi connectivity index (χ3v) is 3.25. The van der Waals surface area contributed by atoms with Gasteiger partial charge in [0.25, 0.3) is 0 Å². The van der Waals surface area contributed by atoms with Gasteiger partial charge in [-0.2, -0.15) is 0 Å². The Hall–Kier alpha value is -1.26. The van der Waals surface area contributed by atoms with Crippen molar-refractivity contribution in [1.82, 2.24) is 0 Å². The Morgan fingerprint density at radius 2 is 1.94 bits per heavy atom. The van der Waals surface area contributed by atoms with Crippen molar-refractivity contribution in [2.75, 3.05) is 21.0 Å². The first-order chi connectivity index (χ1) is 7.85. The molecule has 4 rings (SSSR count). The van der Waals surface area contributed by atoms with Gasteiger partial charge in [-0.3, -0.25) is 0 Å². The molecule has 1 aromatic rings. The highest BCUT2D eigenvalue weighted by molar-refractivity contribution is 5.56. The fourth-order valence-electron chi connectivity index (χ4n) is 2.47. The van der Waals surface area contributed by atoms with Crippen molar-refractivity contribution in [3.05, 3.63) is 23.3 Å². The molecule has 3 aliphatic rings. The minimum absolute atomic E-state index is 0.0165. The van der Waals surface area contributed by atoms with Crippen molar-refractivity contribution in [2.45, 2.75) is 18.6 Å². The fraction of sp³-hybridized carbons (Fsp3) is 0.500. The van der Waals surface area contributed by atoms with Crippen molar-refractivity contribution in [1.29, 1.82) is 0 Å². The van der Waals surface area contributed by atoms with E-state index in [2.05, 4.69) is 6.07 Å². The van der Waals surface area contributed by atoms with Crippen molar-refractivity contribution < 1.29 is 18.9 Å². The van der Waals surface area contributed by atoms with Gasteiger partial charge in [-0.1, -0.05) is 12.1 Å². The lowest BCUT2D eigenvalue weighted by molar-refractivity contribution is -0.0371. The molecular formula is C12H14O4. The second-order valence-corrected chi connectivity index (χ2v) is 4.01. The van der Waals surface area contributed by atoms with Gasteiger partial charge in [0.05, 0.1) is 6.10 Å². The standard InChI is InChI=1S/C12H14O4/c1-13-9-5-7-3-4-8(11(9)14-2)12-10(7)15-6-16-12/h3-4,9,11H,5-6H2,1-2H3. The maximum atomic E-state index is 5.52. The molecule has 0 amide bonds. The summed E-state index contributed by atoms with van der Waals surface area (Å²) >= 11 is 0. The predicted octanol–water partition coefficient (Wildman–Crippen LogP) is 1.67. The molecule has 2 unspecified atom stereocenters. The predicted molar refractivity (Wildman–Crippen MR) is 56.8 cm³/mol. The molecule has 4 nitrogen and oxygen atoms in total. The molecule has 1 aliphatic heterocycles. The van der Waals surface area contributed by atoms with Crippen LogP contribution < -0.4 is 9.47 Å². The number of methoxy groups -OCH3 is 2. The second kappa shape index (κ2) is 3.64. The van der Waals surface area contributed by atoms with E-state index in [4.69, 9.17) is 18.9 Å². The number of ether oxygens (including phenoxy) is 4. The molecule has 1 aromatic carbocycles. The summed E-state index contributed by atoms with van der Waals surface area (Å²) in [5.41, 5.74) is 2.14. The third-order valence-electron chi connectivity index (χ3n) is 3.25. The molecule has 0 spiro atoms. The second-order valence-electron chi connectivity index (χ2n) is 4.01. The van der Waals surface area contributed by atoms with E-state index < -0.39 is 0 Å². The number of fused-ring (bicyclic) bond motifs is 3. The lowest BCUT2D eigenvalue weighted by atomic mass is 10.1. The van der Waals surface area contributed by atoms with Crippen LogP contribution in [0.4, 0.5) is 0 Å². The number of hydrogen-bond acceptors (Lipinski definition) is 4. The third kappa shape index (κ3) is 1.23. The molecule has 0 fully saturated rings. The molecule has 2 aliphatic carbocycles. The van der Waals surface area contributed by atoms with E-state index in [1.165, 1.54) is 0 Å². The van der Waals surface area contributed by atoms with E-state index in [1.54, 1.807) is 14.2 Å². The average Bonchev–Trinajstić information content (AvgIpc) is 2.69. The Labute approximate surface area is 94.1 Å². The highest BCUT2D eigenvalue weighted by Crippen LogP contribution is 2.47. The lowest BCUT2D eigenvalue weighted by Gasteiger charge is -2.22. The molecule has 0 radical (unpaired) electrons. The summed E-state index contributed by atoms with van der Waals surface area (Å²) in [5, 5.41) is 0.